The Hall–Kier alpha value is -1.64. The highest BCUT2D eigenvalue weighted by atomic mass is 16.5. The topological polar surface area (TPSA) is 58.3 Å². The zero-order valence-electron chi connectivity index (χ0n) is 14.4. The standard InChI is InChI=1S/C19H27N3O2/c20-12-18-11-17(13-21-7-9-24-10-8-21)15-22(19(18)23)14-16-5-3-1-2-4-6-16/h11,15-16H,1-10,13-14H2. The van der Waals surface area contributed by atoms with Crippen LogP contribution in [0.15, 0.2) is 17.1 Å². The van der Waals surface area contributed by atoms with E-state index in [1.807, 2.05) is 6.20 Å². The van der Waals surface area contributed by atoms with Crippen LogP contribution in [0.5, 0.6) is 0 Å². The SMILES string of the molecule is N#Cc1cc(CN2CCOCC2)cn(CC2CCCCCC2)c1=O. The Morgan fingerprint density at radius 2 is 1.88 bits per heavy atom. The molecule has 0 atom stereocenters. The fraction of sp³-hybridized carbons (Fsp3) is 0.684. The highest BCUT2D eigenvalue weighted by Gasteiger charge is 2.17. The second kappa shape index (κ2) is 8.46. The highest BCUT2D eigenvalue weighted by Crippen LogP contribution is 2.24. The van der Waals surface area contributed by atoms with Crippen LogP contribution in [0, 0.1) is 17.2 Å². The van der Waals surface area contributed by atoms with Crippen LogP contribution in [-0.2, 0) is 17.8 Å². The van der Waals surface area contributed by atoms with Crippen molar-refractivity contribution >= 4 is 0 Å². The van der Waals surface area contributed by atoms with Crippen molar-refractivity contribution in [2.45, 2.75) is 51.6 Å². The van der Waals surface area contributed by atoms with Gasteiger partial charge in [-0.15, -0.1) is 0 Å². The van der Waals surface area contributed by atoms with E-state index in [0.29, 0.717) is 5.92 Å². The number of pyridine rings is 1. The number of rotatable bonds is 4. The molecule has 0 N–H and O–H groups in total. The van der Waals surface area contributed by atoms with E-state index in [1.54, 1.807) is 10.6 Å². The minimum Gasteiger partial charge on any atom is -0.379 e. The van der Waals surface area contributed by atoms with Crippen molar-refractivity contribution in [1.82, 2.24) is 9.47 Å². The van der Waals surface area contributed by atoms with Gasteiger partial charge in [0.1, 0.15) is 11.6 Å². The maximum absolute atomic E-state index is 12.5. The van der Waals surface area contributed by atoms with Crippen LogP contribution in [-0.4, -0.2) is 35.8 Å². The second-order valence-corrected chi connectivity index (χ2v) is 7.08. The molecule has 5 heteroatoms. The third-order valence-corrected chi connectivity index (χ3v) is 5.20. The van der Waals surface area contributed by atoms with Gasteiger partial charge in [0.25, 0.3) is 5.56 Å². The fourth-order valence-electron chi connectivity index (χ4n) is 3.84. The Morgan fingerprint density at radius 1 is 1.17 bits per heavy atom. The largest absolute Gasteiger partial charge is 0.379 e. The normalized spacial score (nSPS) is 20.5. The second-order valence-electron chi connectivity index (χ2n) is 7.08. The van der Waals surface area contributed by atoms with Gasteiger partial charge < -0.3 is 9.30 Å². The number of aromatic nitrogens is 1. The molecule has 0 bridgehead atoms. The predicted octanol–water partition coefficient (Wildman–Crippen LogP) is 2.52. The van der Waals surface area contributed by atoms with E-state index in [9.17, 15) is 10.1 Å². The van der Waals surface area contributed by atoms with E-state index >= 15 is 0 Å². The minimum atomic E-state index is -0.132. The zero-order valence-corrected chi connectivity index (χ0v) is 14.4. The molecule has 130 valence electrons. The molecule has 1 aliphatic carbocycles. The molecule has 1 saturated heterocycles. The number of nitrogens with zero attached hydrogens (tertiary/aromatic N) is 3. The van der Waals surface area contributed by atoms with Crippen molar-refractivity contribution in [2.75, 3.05) is 26.3 Å². The molecule has 2 fully saturated rings. The molecule has 0 radical (unpaired) electrons. The molecular weight excluding hydrogens is 302 g/mol. The van der Waals surface area contributed by atoms with Crippen molar-refractivity contribution in [3.8, 4) is 6.07 Å². The minimum absolute atomic E-state index is 0.132. The van der Waals surface area contributed by atoms with Crippen LogP contribution in [0.25, 0.3) is 0 Å². The third-order valence-electron chi connectivity index (χ3n) is 5.20. The number of hydrogen-bond acceptors (Lipinski definition) is 4. The molecule has 1 aromatic rings. The first-order valence-electron chi connectivity index (χ1n) is 9.20. The van der Waals surface area contributed by atoms with E-state index < -0.39 is 0 Å². The van der Waals surface area contributed by atoms with Gasteiger partial charge in [0.2, 0.25) is 0 Å². The summed E-state index contributed by atoms with van der Waals surface area (Å²) in [5.74, 6) is 0.565. The van der Waals surface area contributed by atoms with E-state index in [0.717, 1.165) is 45.0 Å². The average Bonchev–Trinajstić information content (AvgIpc) is 2.87. The molecule has 0 amide bonds. The molecule has 5 nitrogen and oxygen atoms in total. The molecule has 2 aliphatic rings. The summed E-state index contributed by atoms with van der Waals surface area (Å²) in [6.45, 7) is 4.86. The summed E-state index contributed by atoms with van der Waals surface area (Å²) in [7, 11) is 0. The molecule has 3 rings (SSSR count). The zero-order chi connectivity index (χ0) is 16.8. The van der Waals surface area contributed by atoms with Crippen LogP contribution in [0.2, 0.25) is 0 Å². The molecule has 1 saturated carbocycles. The number of ether oxygens (including phenoxy) is 1. The van der Waals surface area contributed by atoms with Gasteiger partial charge in [-0.25, -0.2) is 0 Å². The first-order valence-corrected chi connectivity index (χ1v) is 9.20. The monoisotopic (exact) mass is 329 g/mol. The smallest absolute Gasteiger partial charge is 0.268 e. The van der Waals surface area contributed by atoms with Gasteiger partial charge in [-0.1, -0.05) is 25.7 Å². The van der Waals surface area contributed by atoms with E-state index in [-0.39, 0.29) is 11.1 Å². The number of hydrogen-bond donors (Lipinski definition) is 0. The Kier molecular flexibility index (Phi) is 6.06. The summed E-state index contributed by atoms with van der Waals surface area (Å²) < 4.78 is 7.18. The first kappa shape index (κ1) is 17.2. The Morgan fingerprint density at radius 3 is 2.54 bits per heavy atom. The van der Waals surface area contributed by atoms with Crippen molar-refractivity contribution < 1.29 is 4.74 Å². The van der Waals surface area contributed by atoms with E-state index in [2.05, 4.69) is 11.0 Å². The summed E-state index contributed by atoms with van der Waals surface area (Å²) in [5.41, 5.74) is 1.20. The lowest BCUT2D eigenvalue weighted by Gasteiger charge is -2.27. The quantitative estimate of drug-likeness (QED) is 0.797. The third kappa shape index (κ3) is 4.46. The summed E-state index contributed by atoms with van der Waals surface area (Å²) in [4.78, 5) is 14.8. The van der Waals surface area contributed by atoms with Crippen molar-refractivity contribution in [3.05, 3.63) is 33.7 Å². The molecule has 2 heterocycles. The Labute approximate surface area is 143 Å². The fourth-order valence-corrected chi connectivity index (χ4v) is 3.84. The molecule has 1 aromatic heterocycles. The van der Waals surface area contributed by atoms with E-state index in [1.165, 1.54) is 38.5 Å². The number of nitriles is 1. The van der Waals surface area contributed by atoms with Gasteiger partial charge in [0.05, 0.1) is 13.2 Å². The molecular formula is C19H27N3O2. The van der Waals surface area contributed by atoms with Gasteiger partial charge >= 0.3 is 0 Å². The van der Waals surface area contributed by atoms with Crippen molar-refractivity contribution in [2.24, 2.45) is 5.92 Å². The van der Waals surface area contributed by atoms with Gasteiger partial charge in [0, 0.05) is 32.4 Å². The summed E-state index contributed by atoms with van der Waals surface area (Å²) in [6, 6.07) is 3.85. The predicted molar refractivity (Wildman–Crippen MR) is 92.7 cm³/mol. The Bertz CT molecular complexity index is 633. The molecule has 0 aromatic carbocycles. The Balaban J connectivity index is 1.77. The molecule has 1 aliphatic heterocycles. The molecule has 0 unspecified atom stereocenters. The maximum Gasteiger partial charge on any atom is 0.268 e. The summed E-state index contributed by atoms with van der Waals surface area (Å²) in [6.07, 6.45) is 9.52. The van der Waals surface area contributed by atoms with Crippen molar-refractivity contribution in [1.29, 1.82) is 5.26 Å². The van der Waals surface area contributed by atoms with Crippen LogP contribution in [0.3, 0.4) is 0 Å². The van der Waals surface area contributed by atoms with Gasteiger partial charge in [0.15, 0.2) is 0 Å². The van der Waals surface area contributed by atoms with Gasteiger partial charge in [-0.05, 0) is 30.4 Å². The first-order chi connectivity index (χ1) is 11.8. The lowest BCUT2D eigenvalue weighted by molar-refractivity contribution is 0.0341. The van der Waals surface area contributed by atoms with Gasteiger partial charge in [-0.3, -0.25) is 9.69 Å². The van der Waals surface area contributed by atoms with E-state index in [4.69, 9.17) is 4.74 Å². The lowest BCUT2D eigenvalue weighted by atomic mass is 10.00. The maximum atomic E-state index is 12.5. The van der Waals surface area contributed by atoms with Crippen LogP contribution in [0.1, 0.15) is 49.7 Å². The summed E-state index contributed by atoms with van der Waals surface area (Å²) >= 11 is 0. The molecule has 24 heavy (non-hydrogen) atoms. The van der Waals surface area contributed by atoms with Gasteiger partial charge in [-0.2, -0.15) is 5.26 Å². The average molecular weight is 329 g/mol. The highest BCUT2D eigenvalue weighted by molar-refractivity contribution is 5.30. The molecule has 0 spiro atoms. The summed E-state index contributed by atoms with van der Waals surface area (Å²) in [5, 5.41) is 9.33. The van der Waals surface area contributed by atoms with Crippen molar-refractivity contribution in [3.63, 3.8) is 0 Å². The van der Waals surface area contributed by atoms with Crippen LogP contribution < -0.4 is 5.56 Å². The lowest BCUT2D eigenvalue weighted by Crippen LogP contribution is -2.36. The van der Waals surface area contributed by atoms with Crippen LogP contribution in [0.4, 0.5) is 0 Å². The number of morpholine rings is 1. The van der Waals surface area contributed by atoms with Crippen LogP contribution >= 0.6 is 0 Å².